The number of nitriles is 1. The van der Waals surface area contributed by atoms with Crippen molar-refractivity contribution in [3.05, 3.63) is 91.6 Å². The van der Waals surface area contributed by atoms with Crippen molar-refractivity contribution in [3.63, 3.8) is 0 Å². The van der Waals surface area contributed by atoms with E-state index in [1.807, 2.05) is 6.07 Å². The number of nitro benzene ring substituents is 1. The summed E-state index contributed by atoms with van der Waals surface area (Å²) < 4.78 is 25.5. The minimum atomic E-state index is -1.35. The second-order valence-electron chi connectivity index (χ2n) is 6.33. The molecule has 0 bridgehead atoms. The Balaban J connectivity index is 2.37. The van der Waals surface area contributed by atoms with Crippen molar-refractivity contribution in [2.24, 2.45) is 5.73 Å². The van der Waals surface area contributed by atoms with Gasteiger partial charge < -0.3 is 15.2 Å². The van der Waals surface area contributed by atoms with Crippen LogP contribution in [0.3, 0.4) is 0 Å². The third kappa shape index (κ3) is 4.06. The van der Waals surface area contributed by atoms with Gasteiger partial charge in [-0.25, -0.2) is 9.18 Å². The monoisotopic (exact) mass is 443 g/mol. The van der Waals surface area contributed by atoms with Crippen molar-refractivity contribution in [3.8, 4) is 6.07 Å². The molecule has 0 spiro atoms. The van der Waals surface area contributed by atoms with Crippen molar-refractivity contribution < 1.29 is 23.6 Å². The van der Waals surface area contributed by atoms with Gasteiger partial charge in [-0.2, -0.15) is 5.26 Å². The molecule has 1 aliphatic heterocycles. The molecule has 1 aliphatic rings. The molecule has 0 saturated carbocycles. The van der Waals surface area contributed by atoms with E-state index in [2.05, 4.69) is 0 Å². The number of esters is 1. The predicted octanol–water partition coefficient (Wildman–Crippen LogP) is 4.17. The van der Waals surface area contributed by atoms with Crippen LogP contribution in [0.15, 0.2) is 59.5 Å². The molecule has 10 heteroatoms. The number of carbonyl (C=O) groups excluding carboxylic acids is 1. The van der Waals surface area contributed by atoms with Crippen molar-refractivity contribution >= 4 is 29.0 Å². The molecule has 158 valence electrons. The molecule has 0 fully saturated rings. The van der Waals surface area contributed by atoms with Crippen LogP contribution in [0.25, 0.3) is 5.76 Å². The highest BCUT2D eigenvalue weighted by molar-refractivity contribution is 6.31. The van der Waals surface area contributed by atoms with Gasteiger partial charge in [0.25, 0.3) is 5.69 Å². The van der Waals surface area contributed by atoms with E-state index in [-0.39, 0.29) is 51.2 Å². The highest BCUT2D eigenvalue weighted by atomic mass is 35.5. The second-order valence-corrected chi connectivity index (χ2v) is 6.74. The Morgan fingerprint density at radius 3 is 2.71 bits per heavy atom. The van der Waals surface area contributed by atoms with Crippen LogP contribution in [0.4, 0.5) is 10.1 Å². The highest BCUT2D eigenvalue weighted by Gasteiger charge is 2.40. The van der Waals surface area contributed by atoms with E-state index in [0.717, 1.165) is 6.07 Å². The van der Waals surface area contributed by atoms with E-state index in [1.54, 1.807) is 6.92 Å². The first-order chi connectivity index (χ1) is 14.8. The molecular formula is C21H15ClFN3O5. The Morgan fingerprint density at radius 1 is 1.39 bits per heavy atom. The van der Waals surface area contributed by atoms with E-state index in [0.29, 0.717) is 0 Å². The molecule has 0 radical (unpaired) electrons. The molecule has 2 aromatic carbocycles. The number of allylic oxidation sites excluding steroid dienone is 1. The maximum Gasteiger partial charge on any atom is 0.338 e. The first kappa shape index (κ1) is 21.8. The van der Waals surface area contributed by atoms with E-state index in [4.69, 9.17) is 26.8 Å². The fraction of sp³-hybridized carbons (Fsp3) is 0.143. The summed E-state index contributed by atoms with van der Waals surface area (Å²) in [5.74, 6) is -3.61. The van der Waals surface area contributed by atoms with Crippen LogP contribution in [0.2, 0.25) is 5.02 Å². The second kappa shape index (κ2) is 8.85. The average Bonchev–Trinajstić information content (AvgIpc) is 2.73. The highest BCUT2D eigenvalue weighted by Crippen LogP contribution is 2.45. The largest absolute Gasteiger partial charge is 0.463 e. The zero-order chi connectivity index (χ0) is 22.7. The van der Waals surface area contributed by atoms with Crippen molar-refractivity contribution in [2.45, 2.75) is 12.8 Å². The van der Waals surface area contributed by atoms with Gasteiger partial charge in [0.05, 0.1) is 23.0 Å². The molecule has 2 aromatic rings. The van der Waals surface area contributed by atoms with Crippen LogP contribution in [-0.4, -0.2) is 17.5 Å². The van der Waals surface area contributed by atoms with Crippen LogP contribution in [0.1, 0.15) is 24.0 Å². The molecule has 0 aromatic heterocycles. The van der Waals surface area contributed by atoms with Gasteiger partial charge in [-0.05, 0) is 19.1 Å². The smallest absolute Gasteiger partial charge is 0.338 e. The Morgan fingerprint density at radius 2 is 2.10 bits per heavy atom. The summed E-state index contributed by atoms with van der Waals surface area (Å²) >= 11 is 6.22. The third-order valence-corrected chi connectivity index (χ3v) is 4.85. The summed E-state index contributed by atoms with van der Waals surface area (Å²) in [5, 5.41) is 20.8. The van der Waals surface area contributed by atoms with Gasteiger partial charge in [-0.3, -0.25) is 10.1 Å². The number of carbonyl (C=O) groups is 1. The normalized spacial score (nSPS) is 15.9. The maximum absolute atomic E-state index is 14.8. The van der Waals surface area contributed by atoms with Crippen molar-refractivity contribution in [1.29, 1.82) is 5.26 Å². The summed E-state index contributed by atoms with van der Waals surface area (Å²) in [5.41, 5.74) is 5.11. The van der Waals surface area contributed by atoms with E-state index >= 15 is 0 Å². The number of ether oxygens (including phenoxy) is 2. The standard InChI is InChI=1S/C21H15ClFN3O5/c1-2-30-21(27)18-16(17-14(22)7-4-8-15(17)23)13(10-24)20(25)31-19(18)11-5-3-6-12(9-11)26(28)29/h3-9,16H,2,25H2,1H3. The lowest BCUT2D eigenvalue weighted by Crippen LogP contribution is -2.26. The van der Waals surface area contributed by atoms with E-state index < -0.39 is 22.6 Å². The predicted molar refractivity (Wildman–Crippen MR) is 109 cm³/mol. The van der Waals surface area contributed by atoms with Crippen molar-refractivity contribution in [1.82, 2.24) is 0 Å². The van der Waals surface area contributed by atoms with Crippen LogP contribution < -0.4 is 5.73 Å². The zero-order valence-corrected chi connectivity index (χ0v) is 16.9. The number of hydrogen-bond acceptors (Lipinski definition) is 7. The summed E-state index contributed by atoms with van der Waals surface area (Å²) in [6.45, 7) is 1.54. The molecule has 1 heterocycles. The number of nitro groups is 1. The molecule has 0 amide bonds. The van der Waals surface area contributed by atoms with Gasteiger partial charge in [0.1, 0.15) is 23.2 Å². The first-order valence-corrected chi connectivity index (χ1v) is 9.35. The zero-order valence-electron chi connectivity index (χ0n) is 16.1. The Bertz CT molecular complexity index is 1170. The summed E-state index contributed by atoms with van der Waals surface area (Å²) in [6.07, 6.45) is 0. The van der Waals surface area contributed by atoms with Crippen LogP contribution in [0, 0.1) is 27.3 Å². The van der Waals surface area contributed by atoms with Crippen molar-refractivity contribution in [2.75, 3.05) is 6.61 Å². The number of non-ortho nitro benzene ring substituents is 1. The SMILES string of the molecule is CCOC(=O)C1=C(c2cccc([N+](=O)[O-])c2)OC(N)=C(C#N)C1c1c(F)cccc1Cl. The number of hydrogen-bond donors (Lipinski definition) is 1. The Hall–Kier alpha value is -3.90. The van der Waals surface area contributed by atoms with E-state index in [9.17, 15) is 24.6 Å². The molecule has 1 atom stereocenters. The third-order valence-electron chi connectivity index (χ3n) is 4.52. The summed E-state index contributed by atoms with van der Waals surface area (Å²) in [6, 6.07) is 11.0. The molecule has 3 rings (SSSR count). The summed E-state index contributed by atoms with van der Waals surface area (Å²) in [4.78, 5) is 23.5. The lowest BCUT2D eigenvalue weighted by molar-refractivity contribution is -0.384. The Labute approximate surface area is 181 Å². The minimum absolute atomic E-state index is 0.0244. The fourth-order valence-electron chi connectivity index (χ4n) is 3.23. The molecule has 1 unspecified atom stereocenters. The number of rotatable bonds is 5. The van der Waals surface area contributed by atoms with Crippen LogP contribution in [-0.2, 0) is 14.3 Å². The van der Waals surface area contributed by atoms with Gasteiger partial charge in [0.15, 0.2) is 0 Å². The van der Waals surface area contributed by atoms with Gasteiger partial charge in [-0.15, -0.1) is 0 Å². The van der Waals surface area contributed by atoms with Gasteiger partial charge in [0.2, 0.25) is 5.88 Å². The quantitative estimate of drug-likeness (QED) is 0.417. The molecule has 31 heavy (non-hydrogen) atoms. The number of nitrogens with zero attached hydrogens (tertiary/aromatic N) is 2. The van der Waals surface area contributed by atoms with Crippen LogP contribution >= 0.6 is 11.6 Å². The molecule has 2 N–H and O–H groups in total. The van der Waals surface area contributed by atoms with E-state index in [1.165, 1.54) is 36.4 Å². The Kier molecular flexibility index (Phi) is 6.22. The van der Waals surface area contributed by atoms with Gasteiger partial charge >= 0.3 is 5.97 Å². The molecular weight excluding hydrogens is 429 g/mol. The summed E-state index contributed by atoms with van der Waals surface area (Å²) in [7, 11) is 0. The maximum atomic E-state index is 14.8. The number of nitrogens with two attached hydrogens (primary N) is 1. The molecule has 0 aliphatic carbocycles. The van der Waals surface area contributed by atoms with Crippen LogP contribution in [0.5, 0.6) is 0 Å². The minimum Gasteiger partial charge on any atom is -0.463 e. The lowest BCUT2D eigenvalue weighted by atomic mass is 9.81. The first-order valence-electron chi connectivity index (χ1n) is 8.97. The molecule has 0 saturated heterocycles. The topological polar surface area (TPSA) is 128 Å². The lowest BCUT2D eigenvalue weighted by Gasteiger charge is -2.28. The number of halogens is 2. The number of benzene rings is 2. The van der Waals surface area contributed by atoms with Gasteiger partial charge in [0, 0.05) is 28.3 Å². The molecule has 8 nitrogen and oxygen atoms in total. The fourth-order valence-corrected chi connectivity index (χ4v) is 3.50. The average molecular weight is 444 g/mol. The van der Waals surface area contributed by atoms with Gasteiger partial charge in [-0.1, -0.05) is 29.8 Å².